The summed E-state index contributed by atoms with van der Waals surface area (Å²) in [5, 5.41) is 4.25. The number of rotatable bonds is 5. The first kappa shape index (κ1) is 18.3. The van der Waals surface area contributed by atoms with E-state index in [1.165, 1.54) is 0 Å². The molecule has 26 heavy (non-hydrogen) atoms. The van der Waals surface area contributed by atoms with Crippen molar-refractivity contribution in [3.8, 4) is 0 Å². The van der Waals surface area contributed by atoms with Crippen LogP contribution in [0.3, 0.4) is 0 Å². The standard InChI is InChI=1S/C19H22N4O2S/c1-12(2)23-26(24,25)16-8-6-15(7-9-16)22-18-11-14(4)21-19-17(18)10-5-13(3)20-19/h5-12,23H,1-4H3,(H,20,21,22). The average molecular weight is 370 g/mol. The van der Waals surface area contributed by atoms with E-state index in [9.17, 15) is 8.42 Å². The molecule has 0 spiro atoms. The lowest BCUT2D eigenvalue weighted by atomic mass is 10.2. The van der Waals surface area contributed by atoms with Crippen LogP contribution in [0.15, 0.2) is 47.4 Å². The predicted octanol–water partition coefficient (Wildman–Crippen LogP) is 3.68. The molecular weight excluding hydrogens is 348 g/mol. The second kappa shape index (κ2) is 7.01. The Bertz CT molecular complexity index is 1040. The fourth-order valence-electron chi connectivity index (χ4n) is 2.68. The van der Waals surface area contributed by atoms with Gasteiger partial charge < -0.3 is 5.32 Å². The fourth-order valence-corrected chi connectivity index (χ4v) is 3.93. The molecule has 2 heterocycles. The lowest BCUT2D eigenvalue weighted by molar-refractivity contribution is 0.570. The predicted molar refractivity (Wildman–Crippen MR) is 104 cm³/mol. The van der Waals surface area contributed by atoms with Gasteiger partial charge in [-0.25, -0.2) is 23.1 Å². The van der Waals surface area contributed by atoms with Gasteiger partial charge in [-0.05, 0) is 70.2 Å². The largest absolute Gasteiger partial charge is 0.355 e. The molecule has 0 saturated heterocycles. The third-order valence-corrected chi connectivity index (χ3v) is 5.45. The maximum Gasteiger partial charge on any atom is 0.240 e. The first-order valence-corrected chi connectivity index (χ1v) is 9.87. The molecule has 1 aromatic carbocycles. The molecule has 0 atom stereocenters. The third-order valence-electron chi connectivity index (χ3n) is 3.77. The molecule has 7 heteroatoms. The van der Waals surface area contributed by atoms with Crippen molar-refractivity contribution >= 4 is 32.4 Å². The molecular formula is C19H22N4O2S. The van der Waals surface area contributed by atoms with Gasteiger partial charge in [-0.3, -0.25) is 0 Å². The summed E-state index contributed by atoms with van der Waals surface area (Å²) in [5.74, 6) is 0. The fraction of sp³-hybridized carbons (Fsp3) is 0.263. The number of anilines is 2. The van der Waals surface area contributed by atoms with Crippen LogP contribution < -0.4 is 10.0 Å². The molecule has 3 aromatic rings. The van der Waals surface area contributed by atoms with Crippen molar-refractivity contribution in [2.24, 2.45) is 0 Å². The Morgan fingerprint density at radius 2 is 1.58 bits per heavy atom. The molecule has 0 aliphatic carbocycles. The minimum Gasteiger partial charge on any atom is -0.355 e. The number of hydrogen-bond donors (Lipinski definition) is 2. The quantitative estimate of drug-likeness (QED) is 0.716. The molecule has 0 radical (unpaired) electrons. The zero-order valence-corrected chi connectivity index (χ0v) is 16.1. The Kier molecular flexibility index (Phi) is 4.93. The van der Waals surface area contributed by atoms with E-state index in [-0.39, 0.29) is 10.9 Å². The number of benzene rings is 1. The van der Waals surface area contributed by atoms with Crippen LogP contribution in [0.2, 0.25) is 0 Å². The van der Waals surface area contributed by atoms with Gasteiger partial charge in [-0.1, -0.05) is 0 Å². The molecule has 0 amide bonds. The van der Waals surface area contributed by atoms with Crippen molar-refractivity contribution in [3.05, 3.63) is 53.9 Å². The van der Waals surface area contributed by atoms with Gasteiger partial charge in [0, 0.05) is 28.5 Å². The van der Waals surface area contributed by atoms with Crippen molar-refractivity contribution in [1.29, 1.82) is 0 Å². The van der Waals surface area contributed by atoms with Gasteiger partial charge in [0.15, 0.2) is 5.65 Å². The Morgan fingerprint density at radius 3 is 2.23 bits per heavy atom. The van der Waals surface area contributed by atoms with Gasteiger partial charge in [-0.15, -0.1) is 0 Å². The minimum absolute atomic E-state index is 0.153. The maximum absolute atomic E-state index is 12.2. The van der Waals surface area contributed by atoms with E-state index in [2.05, 4.69) is 20.0 Å². The van der Waals surface area contributed by atoms with Crippen molar-refractivity contribution in [1.82, 2.24) is 14.7 Å². The first-order chi connectivity index (χ1) is 12.2. The van der Waals surface area contributed by atoms with E-state index in [4.69, 9.17) is 0 Å². The highest BCUT2D eigenvalue weighted by Gasteiger charge is 2.15. The van der Waals surface area contributed by atoms with Crippen LogP contribution in [0.25, 0.3) is 11.0 Å². The second-order valence-electron chi connectivity index (χ2n) is 6.56. The molecule has 0 aliphatic rings. The van der Waals surface area contributed by atoms with E-state index in [1.807, 2.05) is 32.0 Å². The number of sulfonamides is 1. The number of nitrogens with zero attached hydrogens (tertiary/aromatic N) is 2. The highest BCUT2D eigenvalue weighted by Crippen LogP contribution is 2.26. The van der Waals surface area contributed by atoms with Crippen LogP contribution >= 0.6 is 0 Å². The van der Waals surface area contributed by atoms with Crippen LogP contribution in [-0.2, 0) is 10.0 Å². The zero-order valence-electron chi connectivity index (χ0n) is 15.2. The van der Waals surface area contributed by atoms with E-state index in [0.717, 1.165) is 28.1 Å². The van der Waals surface area contributed by atoms with Crippen molar-refractivity contribution in [2.75, 3.05) is 5.32 Å². The Labute approximate surface area is 153 Å². The molecule has 2 aromatic heterocycles. The molecule has 136 valence electrons. The van der Waals surface area contributed by atoms with Gasteiger partial charge in [-0.2, -0.15) is 0 Å². The topological polar surface area (TPSA) is 84.0 Å². The normalized spacial score (nSPS) is 11.9. The van der Waals surface area contributed by atoms with Crippen LogP contribution in [0, 0.1) is 13.8 Å². The number of nitrogens with one attached hydrogen (secondary N) is 2. The van der Waals surface area contributed by atoms with Gasteiger partial charge in [0.25, 0.3) is 0 Å². The molecule has 0 unspecified atom stereocenters. The summed E-state index contributed by atoms with van der Waals surface area (Å²) in [6.07, 6.45) is 0. The maximum atomic E-state index is 12.2. The lowest BCUT2D eigenvalue weighted by Gasteiger charge is -2.12. The summed E-state index contributed by atoms with van der Waals surface area (Å²) >= 11 is 0. The van der Waals surface area contributed by atoms with E-state index >= 15 is 0 Å². The summed E-state index contributed by atoms with van der Waals surface area (Å²) in [6, 6.07) is 12.4. The Balaban J connectivity index is 1.92. The summed E-state index contributed by atoms with van der Waals surface area (Å²) in [6.45, 7) is 7.43. The molecule has 3 rings (SSSR count). The molecule has 0 fully saturated rings. The molecule has 0 aliphatic heterocycles. The minimum atomic E-state index is -3.49. The van der Waals surface area contributed by atoms with Crippen molar-refractivity contribution in [2.45, 2.75) is 38.6 Å². The Hall–Kier alpha value is -2.51. The third kappa shape index (κ3) is 4.00. The van der Waals surface area contributed by atoms with Gasteiger partial charge in [0.2, 0.25) is 10.0 Å². The number of aromatic nitrogens is 2. The van der Waals surface area contributed by atoms with Crippen LogP contribution in [0.1, 0.15) is 25.2 Å². The van der Waals surface area contributed by atoms with Gasteiger partial charge in [0.1, 0.15) is 0 Å². The first-order valence-electron chi connectivity index (χ1n) is 8.39. The number of fused-ring (bicyclic) bond motifs is 1. The van der Waals surface area contributed by atoms with E-state index in [0.29, 0.717) is 5.65 Å². The average Bonchev–Trinajstić information content (AvgIpc) is 2.53. The molecule has 2 N–H and O–H groups in total. The lowest BCUT2D eigenvalue weighted by Crippen LogP contribution is -2.30. The van der Waals surface area contributed by atoms with Crippen molar-refractivity contribution in [3.63, 3.8) is 0 Å². The van der Waals surface area contributed by atoms with E-state index in [1.54, 1.807) is 38.1 Å². The zero-order chi connectivity index (χ0) is 18.9. The summed E-state index contributed by atoms with van der Waals surface area (Å²) in [7, 11) is -3.49. The number of hydrogen-bond acceptors (Lipinski definition) is 5. The van der Waals surface area contributed by atoms with Crippen LogP contribution in [0.4, 0.5) is 11.4 Å². The highest BCUT2D eigenvalue weighted by atomic mass is 32.2. The monoisotopic (exact) mass is 370 g/mol. The van der Waals surface area contributed by atoms with Crippen LogP contribution in [-0.4, -0.2) is 24.4 Å². The SMILES string of the molecule is Cc1ccc2c(Nc3ccc(S(=O)(=O)NC(C)C)cc3)cc(C)nc2n1. The van der Waals surface area contributed by atoms with Gasteiger partial charge >= 0.3 is 0 Å². The van der Waals surface area contributed by atoms with E-state index < -0.39 is 10.0 Å². The summed E-state index contributed by atoms with van der Waals surface area (Å²) in [5.41, 5.74) is 4.14. The summed E-state index contributed by atoms with van der Waals surface area (Å²) < 4.78 is 27.0. The molecule has 6 nitrogen and oxygen atoms in total. The number of pyridine rings is 2. The molecule has 0 bridgehead atoms. The van der Waals surface area contributed by atoms with Crippen molar-refractivity contribution < 1.29 is 8.42 Å². The van der Waals surface area contributed by atoms with Crippen LogP contribution in [0.5, 0.6) is 0 Å². The molecule has 0 saturated carbocycles. The summed E-state index contributed by atoms with van der Waals surface area (Å²) in [4.78, 5) is 9.19. The number of aryl methyl sites for hydroxylation is 2. The second-order valence-corrected chi connectivity index (χ2v) is 8.27. The Morgan fingerprint density at radius 1 is 0.923 bits per heavy atom. The smallest absolute Gasteiger partial charge is 0.240 e. The highest BCUT2D eigenvalue weighted by molar-refractivity contribution is 7.89. The van der Waals surface area contributed by atoms with Gasteiger partial charge in [0.05, 0.1) is 10.6 Å².